The lowest BCUT2D eigenvalue weighted by molar-refractivity contribution is -0.130. The molecule has 0 heterocycles. The third-order valence-corrected chi connectivity index (χ3v) is 2.35. The van der Waals surface area contributed by atoms with E-state index in [0.717, 1.165) is 6.42 Å². The van der Waals surface area contributed by atoms with E-state index in [4.69, 9.17) is 4.74 Å². The summed E-state index contributed by atoms with van der Waals surface area (Å²) in [4.78, 5) is 11.4. The first kappa shape index (κ1) is 13.4. The second-order valence-electron chi connectivity index (χ2n) is 3.96. The number of rotatable bonds is 5. The Balaban J connectivity index is 2.91. The molecule has 2 nitrogen and oxygen atoms in total. The number of para-hydroxylation sites is 1. The highest BCUT2D eigenvalue weighted by atomic mass is 19.1. The van der Waals surface area contributed by atoms with Crippen molar-refractivity contribution >= 4 is 5.97 Å². The molecule has 1 aromatic carbocycles. The largest absolute Gasteiger partial charge is 0.423 e. The van der Waals surface area contributed by atoms with Gasteiger partial charge >= 0.3 is 5.97 Å². The smallest absolute Gasteiger partial charge is 0.338 e. The molecule has 0 radical (unpaired) electrons. The van der Waals surface area contributed by atoms with E-state index in [9.17, 15) is 9.18 Å². The van der Waals surface area contributed by atoms with Crippen LogP contribution in [0.4, 0.5) is 4.39 Å². The minimum Gasteiger partial charge on any atom is -0.423 e. The molecule has 0 saturated carbocycles. The standard InChI is InChI=1S/C14H17FO2/c1-4-7-12(15)11-8-5-6-9-13(11)17-14(16)10(2)3/h5-6,8-9,12H,2,4,7H2,1,3H3. The normalized spacial score (nSPS) is 11.9. The van der Waals surface area contributed by atoms with E-state index in [2.05, 4.69) is 6.58 Å². The van der Waals surface area contributed by atoms with Gasteiger partial charge in [-0.15, -0.1) is 0 Å². The summed E-state index contributed by atoms with van der Waals surface area (Å²) >= 11 is 0. The van der Waals surface area contributed by atoms with Crippen LogP contribution < -0.4 is 4.74 Å². The van der Waals surface area contributed by atoms with Crippen molar-refractivity contribution in [2.75, 3.05) is 0 Å². The number of benzene rings is 1. The second-order valence-corrected chi connectivity index (χ2v) is 3.96. The quantitative estimate of drug-likeness (QED) is 0.439. The predicted octanol–water partition coefficient (Wildman–Crippen LogP) is 3.98. The summed E-state index contributed by atoms with van der Waals surface area (Å²) in [5.41, 5.74) is 0.717. The first-order valence-corrected chi connectivity index (χ1v) is 5.67. The van der Waals surface area contributed by atoms with E-state index in [1.165, 1.54) is 0 Å². The van der Waals surface area contributed by atoms with Crippen LogP contribution in [0, 0.1) is 0 Å². The van der Waals surface area contributed by atoms with Gasteiger partial charge in [0, 0.05) is 11.1 Å². The average Bonchev–Trinajstić information content (AvgIpc) is 2.29. The van der Waals surface area contributed by atoms with Crippen LogP contribution in [0.1, 0.15) is 38.4 Å². The van der Waals surface area contributed by atoms with Gasteiger partial charge in [0.1, 0.15) is 11.9 Å². The zero-order chi connectivity index (χ0) is 12.8. The highest BCUT2D eigenvalue weighted by Gasteiger charge is 2.16. The molecule has 1 atom stereocenters. The van der Waals surface area contributed by atoms with Crippen LogP contribution in [0.2, 0.25) is 0 Å². The molecule has 1 aromatic rings. The van der Waals surface area contributed by atoms with Gasteiger partial charge in [0.25, 0.3) is 0 Å². The van der Waals surface area contributed by atoms with Gasteiger partial charge < -0.3 is 4.74 Å². The SMILES string of the molecule is C=C(C)C(=O)Oc1ccccc1C(F)CCC. The van der Waals surface area contributed by atoms with Crippen molar-refractivity contribution in [2.45, 2.75) is 32.9 Å². The van der Waals surface area contributed by atoms with Gasteiger partial charge in [-0.2, -0.15) is 0 Å². The summed E-state index contributed by atoms with van der Waals surface area (Å²) in [6.07, 6.45) is 0.0556. The van der Waals surface area contributed by atoms with Crippen LogP contribution in [0.3, 0.4) is 0 Å². The van der Waals surface area contributed by atoms with Crippen molar-refractivity contribution in [2.24, 2.45) is 0 Å². The Morgan fingerprint density at radius 2 is 2.12 bits per heavy atom. The Kier molecular flexibility index (Phi) is 4.88. The Morgan fingerprint density at radius 1 is 1.47 bits per heavy atom. The number of ether oxygens (including phenoxy) is 1. The lowest BCUT2D eigenvalue weighted by Crippen LogP contribution is -2.10. The molecule has 17 heavy (non-hydrogen) atoms. The van der Waals surface area contributed by atoms with E-state index in [0.29, 0.717) is 17.6 Å². The fourth-order valence-electron chi connectivity index (χ4n) is 1.43. The molecule has 0 fully saturated rings. The summed E-state index contributed by atoms with van der Waals surface area (Å²) < 4.78 is 18.9. The second kappa shape index (κ2) is 6.18. The van der Waals surface area contributed by atoms with Crippen molar-refractivity contribution in [1.82, 2.24) is 0 Å². The van der Waals surface area contributed by atoms with Gasteiger partial charge in [-0.05, 0) is 19.4 Å². The van der Waals surface area contributed by atoms with E-state index in [1.807, 2.05) is 6.92 Å². The fraction of sp³-hybridized carbons (Fsp3) is 0.357. The summed E-state index contributed by atoms with van der Waals surface area (Å²) in [6, 6.07) is 6.68. The molecule has 3 heteroatoms. The maximum atomic E-state index is 13.8. The Hall–Kier alpha value is -1.64. The molecule has 0 N–H and O–H groups in total. The van der Waals surface area contributed by atoms with Crippen LogP contribution in [0.25, 0.3) is 0 Å². The van der Waals surface area contributed by atoms with E-state index < -0.39 is 12.1 Å². The lowest BCUT2D eigenvalue weighted by atomic mass is 10.1. The molecular weight excluding hydrogens is 219 g/mol. The number of hydrogen-bond donors (Lipinski definition) is 0. The Labute approximate surface area is 101 Å². The highest BCUT2D eigenvalue weighted by Crippen LogP contribution is 2.31. The van der Waals surface area contributed by atoms with Crippen molar-refractivity contribution in [1.29, 1.82) is 0 Å². The molecule has 0 aromatic heterocycles. The monoisotopic (exact) mass is 236 g/mol. The first-order chi connectivity index (χ1) is 8.06. The van der Waals surface area contributed by atoms with Crippen LogP contribution in [-0.4, -0.2) is 5.97 Å². The molecule has 0 saturated heterocycles. The molecule has 0 amide bonds. The number of carbonyl (C=O) groups is 1. The third-order valence-electron chi connectivity index (χ3n) is 2.35. The lowest BCUT2D eigenvalue weighted by Gasteiger charge is -2.12. The summed E-state index contributed by atoms with van der Waals surface area (Å²) in [5.74, 6) is -0.248. The van der Waals surface area contributed by atoms with Crippen LogP contribution in [0.15, 0.2) is 36.4 Å². The fourth-order valence-corrected chi connectivity index (χ4v) is 1.43. The van der Waals surface area contributed by atoms with Crippen LogP contribution >= 0.6 is 0 Å². The Bertz CT molecular complexity index is 412. The molecule has 1 rings (SSSR count). The topological polar surface area (TPSA) is 26.3 Å². The van der Waals surface area contributed by atoms with Crippen LogP contribution in [0.5, 0.6) is 5.75 Å². The number of alkyl halides is 1. The summed E-state index contributed by atoms with van der Waals surface area (Å²) in [6.45, 7) is 6.97. The van der Waals surface area contributed by atoms with Gasteiger partial charge in [0.05, 0.1) is 0 Å². The molecular formula is C14H17FO2. The van der Waals surface area contributed by atoms with Crippen molar-refractivity contribution in [3.63, 3.8) is 0 Å². The molecule has 0 aliphatic heterocycles. The summed E-state index contributed by atoms with van der Waals surface area (Å²) in [5, 5.41) is 0. The zero-order valence-corrected chi connectivity index (χ0v) is 10.2. The number of hydrogen-bond acceptors (Lipinski definition) is 2. The molecule has 0 aliphatic rings. The van der Waals surface area contributed by atoms with Crippen LogP contribution in [-0.2, 0) is 4.79 Å². The number of esters is 1. The molecule has 92 valence electrons. The molecule has 0 aliphatic carbocycles. The van der Waals surface area contributed by atoms with Gasteiger partial charge in [0.15, 0.2) is 0 Å². The minimum absolute atomic E-state index is 0.279. The molecule has 0 bridgehead atoms. The van der Waals surface area contributed by atoms with Gasteiger partial charge in [0.2, 0.25) is 0 Å². The van der Waals surface area contributed by atoms with Crippen molar-refractivity contribution in [3.8, 4) is 5.75 Å². The molecule has 0 spiro atoms. The maximum absolute atomic E-state index is 13.8. The number of carbonyl (C=O) groups excluding carboxylic acids is 1. The van der Waals surface area contributed by atoms with E-state index in [-0.39, 0.29) is 5.75 Å². The predicted molar refractivity (Wildman–Crippen MR) is 65.6 cm³/mol. The Morgan fingerprint density at radius 3 is 2.71 bits per heavy atom. The molecule has 1 unspecified atom stereocenters. The maximum Gasteiger partial charge on any atom is 0.338 e. The van der Waals surface area contributed by atoms with E-state index in [1.54, 1.807) is 31.2 Å². The van der Waals surface area contributed by atoms with Gasteiger partial charge in [-0.1, -0.05) is 38.1 Å². The van der Waals surface area contributed by atoms with E-state index >= 15 is 0 Å². The number of halogens is 1. The average molecular weight is 236 g/mol. The summed E-state index contributed by atoms with van der Waals surface area (Å²) in [7, 11) is 0. The van der Waals surface area contributed by atoms with Gasteiger partial charge in [-0.25, -0.2) is 9.18 Å². The first-order valence-electron chi connectivity index (χ1n) is 5.67. The van der Waals surface area contributed by atoms with Gasteiger partial charge in [-0.3, -0.25) is 0 Å². The van der Waals surface area contributed by atoms with Crippen molar-refractivity contribution < 1.29 is 13.9 Å². The third kappa shape index (κ3) is 3.70. The minimum atomic E-state index is -1.10. The van der Waals surface area contributed by atoms with Crippen molar-refractivity contribution in [3.05, 3.63) is 42.0 Å². The zero-order valence-electron chi connectivity index (χ0n) is 10.2. The highest BCUT2D eigenvalue weighted by molar-refractivity contribution is 5.88.